The molecular weight excluding hydrogens is 344 g/mol. The van der Waals surface area contributed by atoms with E-state index < -0.39 is 0 Å². The van der Waals surface area contributed by atoms with E-state index in [1.54, 1.807) is 24.7 Å². The van der Waals surface area contributed by atoms with Crippen molar-refractivity contribution in [2.45, 2.75) is 25.2 Å². The fraction of sp³-hybridized carbons (Fsp3) is 0.300. The Balaban J connectivity index is 1.45. The molecule has 5 nitrogen and oxygen atoms in total. The van der Waals surface area contributed by atoms with E-state index in [0.29, 0.717) is 21.6 Å². The minimum absolute atomic E-state index is 0.0680. The molecule has 132 valence electrons. The molecule has 3 heterocycles. The quantitative estimate of drug-likeness (QED) is 0.704. The van der Waals surface area contributed by atoms with Crippen LogP contribution in [0, 0.1) is 0 Å². The number of nitrogens with zero attached hydrogens (tertiary/aromatic N) is 4. The van der Waals surface area contributed by atoms with E-state index in [-0.39, 0.29) is 5.91 Å². The van der Waals surface area contributed by atoms with Crippen LogP contribution < -0.4 is 0 Å². The van der Waals surface area contributed by atoms with Crippen molar-refractivity contribution in [2.24, 2.45) is 0 Å². The van der Waals surface area contributed by atoms with E-state index in [9.17, 15) is 4.79 Å². The summed E-state index contributed by atoms with van der Waals surface area (Å²) < 4.78 is 0. The minimum Gasteiger partial charge on any atom is -0.338 e. The van der Waals surface area contributed by atoms with E-state index in [0.717, 1.165) is 32.4 Å². The number of amides is 1. The molecule has 1 aromatic carbocycles. The minimum atomic E-state index is 0.0680. The fourth-order valence-electron chi connectivity index (χ4n) is 3.40. The summed E-state index contributed by atoms with van der Waals surface area (Å²) in [6.07, 6.45) is 8.17. The van der Waals surface area contributed by atoms with Crippen LogP contribution in [0.25, 0.3) is 10.8 Å². The van der Waals surface area contributed by atoms with Gasteiger partial charge < -0.3 is 4.90 Å². The maximum atomic E-state index is 12.9. The molecule has 2 aromatic heterocycles. The molecule has 1 atom stereocenters. The summed E-state index contributed by atoms with van der Waals surface area (Å²) in [5.41, 5.74) is 1.38. The van der Waals surface area contributed by atoms with E-state index in [1.165, 1.54) is 16.9 Å². The number of likely N-dealkylation sites (tertiary alicyclic amines) is 1. The van der Waals surface area contributed by atoms with Gasteiger partial charge in [-0.15, -0.1) is 11.3 Å². The summed E-state index contributed by atoms with van der Waals surface area (Å²) in [6, 6.07) is 12.4. The van der Waals surface area contributed by atoms with Gasteiger partial charge in [-0.05, 0) is 36.8 Å². The number of carbonyl (C=O) groups excluding carboxylic acids is 1. The van der Waals surface area contributed by atoms with Gasteiger partial charge in [0.15, 0.2) is 10.8 Å². The molecule has 0 saturated carbocycles. The molecule has 0 spiro atoms. The van der Waals surface area contributed by atoms with Crippen LogP contribution >= 0.6 is 11.3 Å². The molecule has 1 fully saturated rings. The van der Waals surface area contributed by atoms with Crippen molar-refractivity contribution in [1.29, 1.82) is 0 Å². The Morgan fingerprint density at radius 2 is 1.81 bits per heavy atom. The van der Waals surface area contributed by atoms with Crippen molar-refractivity contribution in [3.05, 3.63) is 65.4 Å². The molecule has 3 aromatic rings. The molecule has 1 amide bonds. The number of rotatable bonds is 3. The fourth-order valence-corrected chi connectivity index (χ4v) is 4.23. The summed E-state index contributed by atoms with van der Waals surface area (Å²) in [5.74, 6) is 1.17. The van der Waals surface area contributed by atoms with Gasteiger partial charge in [-0.1, -0.05) is 30.3 Å². The molecule has 0 N–H and O–H groups in total. The van der Waals surface area contributed by atoms with Gasteiger partial charge in [0.25, 0.3) is 5.91 Å². The van der Waals surface area contributed by atoms with Gasteiger partial charge in [-0.2, -0.15) is 0 Å². The van der Waals surface area contributed by atoms with Gasteiger partial charge in [-0.3, -0.25) is 4.79 Å². The number of aromatic nitrogens is 3. The molecule has 1 saturated heterocycles. The average molecular weight is 364 g/mol. The number of carbonyl (C=O) groups is 1. The largest absolute Gasteiger partial charge is 0.338 e. The predicted octanol–water partition coefficient (Wildman–Crippen LogP) is 4.01. The topological polar surface area (TPSA) is 59.0 Å². The van der Waals surface area contributed by atoms with Crippen LogP contribution in [0.2, 0.25) is 0 Å². The number of benzene rings is 1. The van der Waals surface area contributed by atoms with Crippen LogP contribution in [-0.2, 0) is 0 Å². The lowest BCUT2D eigenvalue weighted by molar-refractivity contribution is 0.0765. The highest BCUT2D eigenvalue weighted by atomic mass is 32.1. The average Bonchev–Trinajstić information content (AvgIpc) is 3.07. The van der Waals surface area contributed by atoms with Crippen LogP contribution in [0.3, 0.4) is 0 Å². The predicted molar refractivity (Wildman–Crippen MR) is 102 cm³/mol. The van der Waals surface area contributed by atoms with Gasteiger partial charge in [0, 0.05) is 25.5 Å². The van der Waals surface area contributed by atoms with Crippen molar-refractivity contribution in [3.8, 4) is 10.8 Å². The lowest BCUT2D eigenvalue weighted by Gasteiger charge is -2.19. The molecule has 0 radical (unpaired) electrons. The lowest BCUT2D eigenvalue weighted by atomic mass is 9.92. The second-order valence-electron chi connectivity index (χ2n) is 6.43. The Bertz CT molecular complexity index is 866. The zero-order chi connectivity index (χ0) is 17.8. The second-order valence-corrected chi connectivity index (χ2v) is 7.46. The standard InChI is InChI=1S/C20H20N4OS/c25-20(17-14-23-19(26-17)18-21-10-5-11-22-18)24-12-4-8-16(9-13-24)15-6-2-1-3-7-15/h1-3,5-7,10-11,14,16H,4,8-9,12-13H2/t16-/m0/s1. The molecule has 1 aliphatic heterocycles. The molecule has 6 heteroatoms. The van der Waals surface area contributed by atoms with Crippen molar-refractivity contribution in [3.63, 3.8) is 0 Å². The maximum absolute atomic E-state index is 12.9. The first-order valence-electron chi connectivity index (χ1n) is 8.89. The molecule has 0 bridgehead atoms. The van der Waals surface area contributed by atoms with Crippen LogP contribution in [0.15, 0.2) is 55.0 Å². The molecule has 26 heavy (non-hydrogen) atoms. The number of thiazole rings is 1. The lowest BCUT2D eigenvalue weighted by Crippen LogP contribution is -2.31. The van der Waals surface area contributed by atoms with Crippen LogP contribution in [0.5, 0.6) is 0 Å². The van der Waals surface area contributed by atoms with E-state index in [2.05, 4.69) is 39.2 Å². The van der Waals surface area contributed by atoms with Crippen LogP contribution in [0.4, 0.5) is 0 Å². The van der Waals surface area contributed by atoms with E-state index >= 15 is 0 Å². The first-order chi connectivity index (χ1) is 12.8. The number of hydrogen-bond acceptors (Lipinski definition) is 5. The van der Waals surface area contributed by atoms with E-state index in [1.807, 2.05) is 11.0 Å². The third-order valence-electron chi connectivity index (χ3n) is 4.76. The Hall–Kier alpha value is -2.60. The van der Waals surface area contributed by atoms with Gasteiger partial charge >= 0.3 is 0 Å². The second kappa shape index (κ2) is 7.74. The number of hydrogen-bond donors (Lipinski definition) is 0. The van der Waals surface area contributed by atoms with Crippen LogP contribution in [-0.4, -0.2) is 38.8 Å². The maximum Gasteiger partial charge on any atom is 0.265 e. The Labute approximate surface area is 156 Å². The first kappa shape index (κ1) is 16.8. The van der Waals surface area contributed by atoms with Crippen LogP contribution in [0.1, 0.15) is 40.4 Å². The van der Waals surface area contributed by atoms with Gasteiger partial charge in [-0.25, -0.2) is 15.0 Å². The summed E-state index contributed by atoms with van der Waals surface area (Å²) in [6.45, 7) is 1.59. The summed E-state index contributed by atoms with van der Waals surface area (Å²) in [7, 11) is 0. The summed E-state index contributed by atoms with van der Waals surface area (Å²) in [4.78, 5) is 28.3. The van der Waals surface area contributed by atoms with Gasteiger partial charge in [0.1, 0.15) is 4.88 Å². The molecular formula is C20H20N4OS. The Morgan fingerprint density at radius 3 is 2.62 bits per heavy atom. The van der Waals surface area contributed by atoms with Gasteiger partial charge in [0.2, 0.25) is 0 Å². The summed E-state index contributed by atoms with van der Waals surface area (Å²) in [5, 5.41) is 0.686. The molecule has 0 unspecified atom stereocenters. The van der Waals surface area contributed by atoms with E-state index in [4.69, 9.17) is 0 Å². The smallest absolute Gasteiger partial charge is 0.265 e. The Kier molecular flexibility index (Phi) is 5.02. The summed E-state index contributed by atoms with van der Waals surface area (Å²) >= 11 is 1.36. The van der Waals surface area contributed by atoms with Gasteiger partial charge in [0.05, 0.1) is 6.20 Å². The first-order valence-corrected chi connectivity index (χ1v) is 9.70. The zero-order valence-electron chi connectivity index (χ0n) is 14.4. The van der Waals surface area contributed by atoms with Crippen molar-refractivity contribution >= 4 is 17.2 Å². The van der Waals surface area contributed by atoms with Crippen molar-refractivity contribution in [1.82, 2.24) is 19.9 Å². The van der Waals surface area contributed by atoms with Crippen molar-refractivity contribution in [2.75, 3.05) is 13.1 Å². The Morgan fingerprint density at radius 1 is 1.00 bits per heavy atom. The van der Waals surface area contributed by atoms with Crippen molar-refractivity contribution < 1.29 is 4.79 Å². The molecule has 1 aliphatic rings. The highest BCUT2D eigenvalue weighted by Gasteiger charge is 2.24. The molecule has 4 rings (SSSR count). The zero-order valence-corrected chi connectivity index (χ0v) is 15.2. The normalized spacial score (nSPS) is 17.7. The molecule has 0 aliphatic carbocycles. The third-order valence-corrected chi connectivity index (χ3v) is 5.74. The highest BCUT2D eigenvalue weighted by Crippen LogP contribution is 2.29. The monoisotopic (exact) mass is 364 g/mol. The SMILES string of the molecule is O=C(c1cnc(-c2ncccn2)s1)N1CCC[C@H](c2ccccc2)CC1. The highest BCUT2D eigenvalue weighted by molar-refractivity contribution is 7.16. The third kappa shape index (κ3) is 3.65.